The van der Waals surface area contributed by atoms with Gasteiger partial charge in [0.1, 0.15) is 0 Å². The molecule has 0 bridgehead atoms. The molecule has 0 radical (unpaired) electrons. The first kappa shape index (κ1) is 17.2. The molecule has 0 spiro atoms. The Hall–Kier alpha value is -0.120. The summed E-state index contributed by atoms with van der Waals surface area (Å²) >= 11 is 0. The summed E-state index contributed by atoms with van der Waals surface area (Å²) in [6.45, 7) is 11.4. The van der Waals surface area contributed by atoms with Gasteiger partial charge in [0, 0.05) is 24.7 Å². The first-order chi connectivity index (χ1) is 9.95. The Morgan fingerprint density at radius 2 is 1.86 bits per heavy atom. The van der Waals surface area contributed by atoms with Gasteiger partial charge in [0.05, 0.1) is 6.10 Å². The van der Waals surface area contributed by atoms with Gasteiger partial charge < -0.3 is 15.2 Å². The van der Waals surface area contributed by atoms with E-state index in [-0.39, 0.29) is 5.41 Å². The van der Waals surface area contributed by atoms with Crippen LogP contribution in [0, 0.1) is 23.2 Å². The van der Waals surface area contributed by atoms with Gasteiger partial charge in [-0.2, -0.15) is 0 Å². The highest BCUT2D eigenvalue weighted by Gasteiger charge is 2.48. The number of ether oxygens (including phenoxy) is 1. The summed E-state index contributed by atoms with van der Waals surface area (Å²) in [6.07, 6.45) is 6.64. The van der Waals surface area contributed by atoms with E-state index in [1.54, 1.807) is 0 Å². The van der Waals surface area contributed by atoms with Crippen LogP contribution in [-0.2, 0) is 4.74 Å². The van der Waals surface area contributed by atoms with Crippen molar-refractivity contribution in [1.29, 1.82) is 0 Å². The first-order valence-corrected chi connectivity index (χ1v) is 8.91. The zero-order chi connectivity index (χ0) is 15.5. The normalized spacial score (nSPS) is 35.7. The maximum Gasteiger partial charge on any atom is 0.0656 e. The molecule has 0 aliphatic heterocycles. The minimum atomic E-state index is 0.234. The topological polar surface area (TPSA) is 41.5 Å². The monoisotopic (exact) mass is 297 g/mol. The molecule has 3 heteroatoms. The van der Waals surface area contributed by atoms with Gasteiger partial charge in [-0.3, -0.25) is 0 Å². The number of aliphatic hydroxyl groups is 1. The van der Waals surface area contributed by atoms with Gasteiger partial charge in [-0.25, -0.2) is 0 Å². The third kappa shape index (κ3) is 4.20. The molecule has 4 unspecified atom stereocenters. The second-order valence-corrected chi connectivity index (χ2v) is 8.22. The predicted octanol–water partition coefficient (Wildman–Crippen LogP) is 3.21. The minimum absolute atomic E-state index is 0.234. The molecule has 0 amide bonds. The highest BCUT2D eigenvalue weighted by Crippen LogP contribution is 2.43. The second-order valence-electron chi connectivity index (χ2n) is 8.22. The lowest BCUT2D eigenvalue weighted by Crippen LogP contribution is -2.61. The van der Waals surface area contributed by atoms with E-state index in [1.807, 2.05) is 0 Å². The van der Waals surface area contributed by atoms with Crippen molar-refractivity contribution < 1.29 is 9.84 Å². The molecule has 3 nitrogen and oxygen atoms in total. The molecule has 0 heterocycles. The van der Waals surface area contributed by atoms with E-state index in [4.69, 9.17) is 4.74 Å². The predicted molar refractivity (Wildman–Crippen MR) is 87.3 cm³/mol. The van der Waals surface area contributed by atoms with E-state index in [2.05, 4.69) is 33.0 Å². The standard InChI is InChI=1S/C18H35NO2/c1-13(2)12-21-17-9-16(18(17,3)4)19-10-14-7-5-6-8-15(14)11-20/h13-17,19-20H,5-12H2,1-4H3. The number of rotatable bonds is 7. The third-order valence-electron chi connectivity index (χ3n) is 5.74. The number of aliphatic hydroxyl groups excluding tert-OH is 1. The Labute approximate surface area is 130 Å². The Bertz CT molecular complexity index is 316. The van der Waals surface area contributed by atoms with Crippen LogP contribution in [0.1, 0.15) is 59.8 Å². The lowest BCUT2D eigenvalue weighted by molar-refractivity contribution is -0.124. The van der Waals surface area contributed by atoms with Crippen molar-refractivity contribution in [3.05, 3.63) is 0 Å². The smallest absolute Gasteiger partial charge is 0.0656 e. The Morgan fingerprint density at radius 3 is 2.43 bits per heavy atom. The van der Waals surface area contributed by atoms with E-state index >= 15 is 0 Å². The molecule has 0 aromatic rings. The van der Waals surface area contributed by atoms with Crippen LogP contribution >= 0.6 is 0 Å². The minimum Gasteiger partial charge on any atom is -0.396 e. The zero-order valence-electron chi connectivity index (χ0n) is 14.4. The van der Waals surface area contributed by atoms with E-state index in [0.29, 0.717) is 36.5 Å². The quantitative estimate of drug-likeness (QED) is 0.758. The van der Waals surface area contributed by atoms with Crippen LogP contribution in [-0.4, -0.2) is 37.0 Å². The fourth-order valence-electron chi connectivity index (χ4n) is 3.91. The molecule has 2 aliphatic carbocycles. The van der Waals surface area contributed by atoms with Gasteiger partial charge in [0.25, 0.3) is 0 Å². The van der Waals surface area contributed by atoms with Crippen molar-refractivity contribution in [1.82, 2.24) is 5.32 Å². The second kappa shape index (κ2) is 7.43. The maximum atomic E-state index is 9.52. The molecule has 0 saturated heterocycles. The molecule has 2 fully saturated rings. The molecular formula is C18H35NO2. The molecule has 21 heavy (non-hydrogen) atoms. The molecular weight excluding hydrogens is 262 g/mol. The SMILES string of the molecule is CC(C)COC1CC(NCC2CCCCC2CO)C1(C)C. The average Bonchev–Trinajstić information content (AvgIpc) is 2.45. The summed E-state index contributed by atoms with van der Waals surface area (Å²) in [5.74, 6) is 1.79. The lowest BCUT2D eigenvalue weighted by Gasteiger charge is -2.52. The van der Waals surface area contributed by atoms with Gasteiger partial charge in [-0.15, -0.1) is 0 Å². The van der Waals surface area contributed by atoms with E-state index < -0.39 is 0 Å². The summed E-state index contributed by atoms with van der Waals surface area (Å²) in [5, 5.41) is 13.3. The fourth-order valence-corrected chi connectivity index (χ4v) is 3.91. The van der Waals surface area contributed by atoms with E-state index in [0.717, 1.165) is 19.6 Å². The molecule has 124 valence electrons. The van der Waals surface area contributed by atoms with Crippen molar-refractivity contribution in [2.45, 2.75) is 71.9 Å². The van der Waals surface area contributed by atoms with Gasteiger partial charge in [0.2, 0.25) is 0 Å². The van der Waals surface area contributed by atoms with Crippen molar-refractivity contribution in [2.75, 3.05) is 19.8 Å². The summed E-state index contributed by atoms with van der Waals surface area (Å²) in [7, 11) is 0. The van der Waals surface area contributed by atoms with Crippen molar-refractivity contribution >= 4 is 0 Å². The molecule has 2 saturated carbocycles. The van der Waals surface area contributed by atoms with Crippen molar-refractivity contribution in [3.8, 4) is 0 Å². The van der Waals surface area contributed by atoms with Gasteiger partial charge in [-0.1, -0.05) is 40.5 Å². The van der Waals surface area contributed by atoms with Gasteiger partial charge in [-0.05, 0) is 43.6 Å². The number of hydrogen-bond acceptors (Lipinski definition) is 3. The average molecular weight is 297 g/mol. The van der Waals surface area contributed by atoms with Gasteiger partial charge in [0.15, 0.2) is 0 Å². The zero-order valence-corrected chi connectivity index (χ0v) is 14.4. The largest absolute Gasteiger partial charge is 0.396 e. The summed E-state index contributed by atoms with van der Waals surface area (Å²) in [4.78, 5) is 0. The Morgan fingerprint density at radius 1 is 1.19 bits per heavy atom. The summed E-state index contributed by atoms with van der Waals surface area (Å²) < 4.78 is 6.04. The van der Waals surface area contributed by atoms with Crippen LogP contribution in [0.3, 0.4) is 0 Å². The Balaban J connectivity index is 1.74. The maximum absolute atomic E-state index is 9.52. The molecule has 2 N–H and O–H groups in total. The summed E-state index contributed by atoms with van der Waals surface area (Å²) in [5.41, 5.74) is 0.234. The van der Waals surface area contributed by atoms with Crippen molar-refractivity contribution in [3.63, 3.8) is 0 Å². The van der Waals surface area contributed by atoms with E-state index in [9.17, 15) is 5.11 Å². The molecule has 4 atom stereocenters. The highest BCUT2D eigenvalue weighted by molar-refractivity contribution is 5.03. The van der Waals surface area contributed by atoms with Gasteiger partial charge >= 0.3 is 0 Å². The Kier molecular flexibility index (Phi) is 6.10. The van der Waals surface area contributed by atoms with Crippen LogP contribution in [0.5, 0.6) is 0 Å². The van der Waals surface area contributed by atoms with Crippen molar-refractivity contribution in [2.24, 2.45) is 23.2 Å². The van der Waals surface area contributed by atoms with Crippen LogP contribution < -0.4 is 5.32 Å². The lowest BCUT2D eigenvalue weighted by atomic mass is 9.64. The number of nitrogens with one attached hydrogen (secondary N) is 1. The van der Waals surface area contributed by atoms with Crippen LogP contribution in [0.2, 0.25) is 0 Å². The number of hydrogen-bond donors (Lipinski definition) is 2. The third-order valence-corrected chi connectivity index (χ3v) is 5.74. The van der Waals surface area contributed by atoms with E-state index in [1.165, 1.54) is 25.7 Å². The summed E-state index contributed by atoms with van der Waals surface area (Å²) in [6, 6.07) is 0.566. The molecule has 0 aromatic carbocycles. The fraction of sp³-hybridized carbons (Fsp3) is 1.00. The molecule has 0 aromatic heterocycles. The first-order valence-electron chi connectivity index (χ1n) is 8.91. The highest BCUT2D eigenvalue weighted by atomic mass is 16.5. The molecule has 2 aliphatic rings. The molecule has 2 rings (SSSR count). The van der Waals surface area contributed by atoms with Crippen LogP contribution in [0.4, 0.5) is 0 Å². The van der Waals surface area contributed by atoms with Crippen LogP contribution in [0.15, 0.2) is 0 Å². The van der Waals surface area contributed by atoms with Crippen LogP contribution in [0.25, 0.3) is 0 Å².